The third kappa shape index (κ3) is 3.59. The molecule has 1 N–H and O–H groups in total. The number of hydrogen-bond donors (Lipinski definition) is 1. The maximum Gasteiger partial charge on any atom is 0.0940 e. The van der Waals surface area contributed by atoms with Gasteiger partial charge in [-0.2, -0.15) is 0 Å². The summed E-state index contributed by atoms with van der Waals surface area (Å²) in [5.74, 6) is 0. The minimum atomic E-state index is -0.592. The first-order valence-electron chi connectivity index (χ1n) is 4.44. The monoisotopic (exact) mass is 190 g/mol. The van der Waals surface area contributed by atoms with Gasteiger partial charge in [0.2, 0.25) is 0 Å². The molecule has 12 heavy (non-hydrogen) atoms. The Balaban J connectivity index is 4.08. The molecule has 0 saturated heterocycles. The van der Waals surface area contributed by atoms with Gasteiger partial charge in [-0.1, -0.05) is 51.8 Å². The summed E-state index contributed by atoms with van der Waals surface area (Å²) in [6.07, 6.45) is 2.65. The molecule has 0 aliphatic carbocycles. The Morgan fingerprint density at radius 3 is 2.42 bits per heavy atom. The molecule has 0 saturated carbocycles. The zero-order chi connectivity index (χ0) is 9.78. The zero-order valence-electron chi connectivity index (χ0n) is 8.23. The van der Waals surface area contributed by atoms with E-state index in [1.807, 2.05) is 13.8 Å². The van der Waals surface area contributed by atoms with Crippen LogP contribution in [0.15, 0.2) is 11.6 Å². The van der Waals surface area contributed by atoms with E-state index in [2.05, 4.69) is 13.5 Å². The Bertz CT molecular complexity index is 152. The summed E-state index contributed by atoms with van der Waals surface area (Å²) in [4.78, 5) is 0. The summed E-state index contributed by atoms with van der Waals surface area (Å²) >= 11 is 5.65. The number of rotatable bonds is 5. The predicted octanol–water partition coefficient (Wildman–Crippen LogP) is 3.32. The number of halogens is 1. The van der Waals surface area contributed by atoms with E-state index in [4.69, 9.17) is 11.6 Å². The van der Waals surface area contributed by atoms with E-state index in [0.717, 1.165) is 19.3 Å². The average molecular weight is 191 g/mol. The largest absolute Gasteiger partial charge is 0.387 e. The molecule has 0 radical (unpaired) electrons. The predicted molar refractivity (Wildman–Crippen MR) is 54.3 cm³/mol. The molecule has 0 aromatic heterocycles. The summed E-state index contributed by atoms with van der Waals surface area (Å²) < 4.78 is 0. The maximum absolute atomic E-state index is 9.65. The van der Waals surface area contributed by atoms with Crippen molar-refractivity contribution >= 4 is 11.6 Å². The number of aliphatic hydroxyl groups is 1. The van der Waals surface area contributed by atoms with Crippen molar-refractivity contribution in [3.05, 3.63) is 11.6 Å². The molecule has 0 bridgehead atoms. The molecule has 0 rings (SSSR count). The molecular weight excluding hydrogens is 172 g/mol. The van der Waals surface area contributed by atoms with E-state index >= 15 is 0 Å². The molecule has 0 spiro atoms. The Kier molecular flexibility index (Phi) is 4.88. The topological polar surface area (TPSA) is 20.2 Å². The van der Waals surface area contributed by atoms with Gasteiger partial charge in [0, 0.05) is 5.03 Å². The van der Waals surface area contributed by atoms with Gasteiger partial charge < -0.3 is 5.11 Å². The number of hydrogen-bond acceptors (Lipinski definition) is 1. The van der Waals surface area contributed by atoms with E-state index in [0.29, 0.717) is 5.03 Å². The lowest BCUT2D eigenvalue weighted by Crippen LogP contribution is -2.29. The van der Waals surface area contributed by atoms with Gasteiger partial charge in [-0.25, -0.2) is 0 Å². The fourth-order valence-electron chi connectivity index (χ4n) is 1.19. The van der Waals surface area contributed by atoms with Crippen LogP contribution >= 0.6 is 11.6 Å². The van der Waals surface area contributed by atoms with Crippen molar-refractivity contribution in [3.8, 4) is 0 Å². The van der Waals surface area contributed by atoms with Crippen LogP contribution in [0.5, 0.6) is 0 Å². The van der Waals surface area contributed by atoms with E-state index in [1.54, 1.807) is 0 Å². The minimum Gasteiger partial charge on any atom is -0.387 e. The highest BCUT2D eigenvalue weighted by Crippen LogP contribution is 2.32. The first-order valence-corrected chi connectivity index (χ1v) is 4.82. The van der Waals surface area contributed by atoms with Crippen molar-refractivity contribution in [2.75, 3.05) is 0 Å². The normalized spacial score (nSPS) is 14.4. The van der Waals surface area contributed by atoms with Crippen LogP contribution in [0.3, 0.4) is 0 Å². The van der Waals surface area contributed by atoms with Crippen LogP contribution in [0.4, 0.5) is 0 Å². The Morgan fingerprint density at radius 1 is 1.58 bits per heavy atom. The first kappa shape index (κ1) is 12.0. The molecule has 0 aliphatic heterocycles. The Hall–Kier alpha value is -0.0100. The smallest absolute Gasteiger partial charge is 0.0940 e. The van der Waals surface area contributed by atoms with E-state index in [9.17, 15) is 5.11 Å². The van der Waals surface area contributed by atoms with Crippen molar-refractivity contribution in [2.45, 2.75) is 46.1 Å². The third-order valence-corrected chi connectivity index (χ3v) is 2.42. The van der Waals surface area contributed by atoms with Crippen LogP contribution in [0.2, 0.25) is 0 Å². The summed E-state index contributed by atoms with van der Waals surface area (Å²) in [7, 11) is 0. The fourth-order valence-corrected chi connectivity index (χ4v) is 1.49. The van der Waals surface area contributed by atoms with Crippen LogP contribution in [0.1, 0.15) is 40.0 Å². The molecule has 2 heteroatoms. The van der Waals surface area contributed by atoms with Gasteiger partial charge in [-0.15, -0.1) is 0 Å². The van der Waals surface area contributed by atoms with E-state index in [-0.39, 0.29) is 5.41 Å². The molecule has 1 atom stereocenters. The molecule has 1 nitrogen and oxygen atoms in total. The standard InChI is InChI=1S/C10H19ClO/c1-5-6-7-10(3,4)9(12)8(2)11/h9,12H,2,5-7H2,1,3-4H3. The summed E-state index contributed by atoms with van der Waals surface area (Å²) in [6.45, 7) is 9.71. The SMILES string of the molecule is C=C(Cl)C(O)C(C)(C)CCCC. The highest BCUT2D eigenvalue weighted by atomic mass is 35.5. The maximum atomic E-state index is 9.65. The summed E-state index contributed by atoms with van der Waals surface area (Å²) in [5, 5.41) is 9.99. The molecule has 1 unspecified atom stereocenters. The van der Waals surface area contributed by atoms with E-state index < -0.39 is 6.10 Å². The van der Waals surface area contributed by atoms with Crippen LogP contribution < -0.4 is 0 Å². The lowest BCUT2D eigenvalue weighted by atomic mass is 9.81. The van der Waals surface area contributed by atoms with Gasteiger partial charge in [-0.05, 0) is 11.8 Å². The van der Waals surface area contributed by atoms with Crippen molar-refractivity contribution < 1.29 is 5.11 Å². The van der Waals surface area contributed by atoms with Crippen molar-refractivity contribution in [1.82, 2.24) is 0 Å². The van der Waals surface area contributed by atoms with Gasteiger partial charge in [0.1, 0.15) is 0 Å². The zero-order valence-corrected chi connectivity index (χ0v) is 8.99. The van der Waals surface area contributed by atoms with Crippen molar-refractivity contribution in [1.29, 1.82) is 0 Å². The van der Waals surface area contributed by atoms with Gasteiger partial charge in [0.05, 0.1) is 6.10 Å². The lowest BCUT2D eigenvalue weighted by Gasteiger charge is -2.29. The van der Waals surface area contributed by atoms with Gasteiger partial charge in [-0.3, -0.25) is 0 Å². The highest BCUT2D eigenvalue weighted by molar-refractivity contribution is 6.29. The molecule has 0 aromatic carbocycles. The van der Waals surface area contributed by atoms with Gasteiger partial charge >= 0.3 is 0 Å². The molecule has 72 valence electrons. The molecular formula is C10H19ClO. The molecule has 0 aliphatic rings. The highest BCUT2D eigenvalue weighted by Gasteiger charge is 2.28. The fraction of sp³-hybridized carbons (Fsp3) is 0.800. The van der Waals surface area contributed by atoms with Crippen LogP contribution in [-0.4, -0.2) is 11.2 Å². The molecule has 0 fully saturated rings. The van der Waals surface area contributed by atoms with Crippen molar-refractivity contribution in [2.24, 2.45) is 5.41 Å². The molecule has 0 aromatic rings. The van der Waals surface area contributed by atoms with Crippen LogP contribution in [-0.2, 0) is 0 Å². The first-order chi connectivity index (χ1) is 5.41. The van der Waals surface area contributed by atoms with Crippen LogP contribution in [0, 0.1) is 5.41 Å². The second kappa shape index (κ2) is 4.88. The molecule has 0 amide bonds. The van der Waals surface area contributed by atoms with Crippen molar-refractivity contribution in [3.63, 3.8) is 0 Å². The lowest BCUT2D eigenvalue weighted by molar-refractivity contribution is 0.0782. The Morgan fingerprint density at radius 2 is 2.08 bits per heavy atom. The van der Waals surface area contributed by atoms with E-state index in [1.165, 1.54) is 0 Å². The van der Waals surface area contributed by atoms with Crippen LogP contribution in [0.25, 0.3) is 0 Å². The summed E-state index contributed by atoms with van der Waals surface area (Å²) in [5.41, 5.74) is -0.144. The summed E-state index contributed by atoms with van der Waals surface area (Å²) in [6, 6.07) is 0. The average Bonchev–Trinajstić information content (AvgIpc) is 1.99. The third-order valence-electron chi connectivity index (χ3n) is 2.21. The van der Waals surface area contributed by atoms with Gasteiger partial charge in [0.25, 0.3) is 0 Å². The van der Waals surface area contributed by atoms with Gasteiger partial charge in [0.15, 0.2) is 0 Å². The number of unbranched alkanes of at least 4 members (excludes halogenated alkanes) is 1. The number of aliphatic hydroxyl groups excluding tert-OH is 1. The quantitative estimate of drug-likeness (QED) is 0.705. The minimum absolute atomic E-state index is 0.144. The Labute approximate surface area is 80.4 Å². The molecule has 0 heterocycles. The second-order valence-electron chi connectivity index (χ2n) is 3.94. The second-order valence-corrected chi connectivity index (χ2v) is 4.43.